The van der Waals surface area contributed by atoms with E-state index in [1.165, 1.54) is 0 Å². The van der Waals surface area contributed by atoms with Gasteiger partial charge in [-0.1, -0.05) is 12.1 Å². The second-order valence-electron chi connectivity index (χ2n) is 4.14. The fraction of sp³-hybridized carbons (Fsp3) is 0. The van der Waals surface area contributed by atoms with Crippen molar-refractivity contribution in [2.24, 2.45) is 0 Å². The van der Waals surface area contributed by atoms with Gasteiger partial charge in [0.2, 0.25) is 5.82 Å². The summed E-state index contributed by atoms with van der Waals surface area (Å²) in [7, 11) is 0. The number of nitro benzene ring substituents is 1. The molecule has 0 spiro atoms. The number of hydrogen-bond donors (Lipinski definition) is 1. The molecule has 0 amide bonds. The van der Waals surface area contributed by atoms with Crippen LogP contribution < -0.4 is 0 Å². The minimum absolute atomic E-state index is 0.407. The first-order valence-electron chi connectivity index (χ1n) is 5.65. The monoisotopic (exact) mass is 335 g/mol. The lowest BCUT2D eigenvalue weighted by Gasteiger charge is -2.02. The van der Waals surface area contributed by atoms with E-state index in [0.29, 0.717) is 15.9 Å². The van der Waals surface area contributed by atoms with Crippen molar-refractivity contribution in [3.63, 3.8) is 0 Å². The highest BCUT2D eigenvalue weighted by Crippen LogP contribution is 2.33. The predicted octanol–water partition coefficient (Wildman–Crippen LogP) is 4.04. The summed E-state index contributed by atoms with van der Waals surface area (Å²) < 4.78 is 14.1. The molecule has 5 nitrogen and oxygen atoms in total. The van der Waals surface area contributed by atoms with Crippen molar-refractivity contribution in [1.29, 1.82) is 0 Å². The van der Waals surface area contributed by atoms with Crippen molar-refractivity contribution in [3.05, 3.63) is 56.8 Å². The van der Waals surface area contributed by atoms with Crippen molar-refractivity contribution in [2.75, 3.05) is 0 Å². The van der Waals surface area contributed by atoms with E-state index in [9.17, 15) is 14.5 Å². The molecule has 0 fully saturated rings. The molecule has 0 unspecified atom stereocenters. The van der Waals surface area contributed by atoms with Gasteiger partial charge in [0.1, 0.15) is 5.82 Å². The molecule has 0 aliphatic rings. The number of fused-ring (bicyclic) bond motifs is 1. The summed E-state index contributed by atoms with van der Waals surface area (Å²) in [4.78, 5) is 17.3. The van der Waals surface area contributed by atoms with Gasteiger partial charge in [-0.05, 0) is 34.1 Å². The number of rotatable bonds is 2. The number of nitrogens with one attached hydrogen (secondary N) is 1. The maximum absolute atomic E-state index is 13.7. The average molecular weight is 336 g/mol. The second kappa shape index (κ2) is 4.68. The van der Waals surface area contributed by atoms with Crippen LogP contribution in [0.3, 0.4) is 0 Å². The van der Waals surface area contributed by atoms with Gasteiger partial charge in [-0.2, -0.15) is 4.39 Å². The van der Waals surface area contributed by atoms with Gasteiger partial charge in [0.25, 0.3) is 0 Å². The average Bonchev–Trinajstić information content (AvgIpc) is 2.84. The molecule has 0 aliphatic heterocycles. The van der Waals surface area contributed by atoms with Crippen LogP contribution >= 0.6 is 15.9 Å². The number of imidazole rings is 1. The van der Waals surface area contributed by atoms with Gasteiger partial charge in [-0.3, -0.25) is 10.1 Å². The Bertz CT molecular complexity index is 799. The number of halogens is 2. The van der Waals surface area contributed by atoms with E-state index in [-0.39, 0.29) is 0 Å². The van der Waals surface area contributed by atoms with Crippen LogP contribution in [0.25, 0.3) is 22.4 Å². The molecule has 0 saturated carbocycles. The summed E-state index contributed by atoms with van der Waals surface area (Å²) in [6.45, 7) is 0. The highest BCUT2D eigenvalue weighted by atomic mass is 79.9. The Morgan fingerprint density at radius 3 is 2.75 bits per heavy atom. The third kappa shape index (κ3) is 2.05. The molecule has 1 heterocycles. The van der Waals surface area contributed by atoms with Crippen LogP contribution in [0.4, 0.5) is 10.1 Å². The van der Waals surface area contributed by atoms with Crippen molar-refractivity contribution >= 4 is 32.7 Å². The second-order valence-corrected chi connectivity index (χ2v) is 5.00. The molecule has 2 aromatic carbocycles. The molecule has 0 saturated heterocycles. The van der Waals surface area contributed by atoms with E-state index in [1.807, 2.05) is 24.3 Å². The maximum atomic E-state index is 13.7. The first-order chi connectivity index (χ1) is 9.56. The lowest BCUT2D eigenvalue weighted by molar-refractivity contribution is -0.387. The Balaban J connectivity index is 2.19. The van der Waals surface area contributed by atoms with Crippen LogP contribution in [0.5, 0.6) is 0 Å². The van der Waals surface area contributed by atoms with E-state index in [4.69, 9.17) is 0 Å². The molecule has 100 valence electrons. The van der Waals surface area contributed by atoms with E-state index < -0.39 is 16.4 Å². The van der Waals surface area contributed by atoms with E-state index >= 15 is 0 Å². The number of aromatic amines is 1. The SMILES string of the molecule is O=[N+]([O-])c1cc(Br)c(-c2nc3ccccc3[nH]2)cc1F. The fourth-order valence-electron chi connectivity index (χ4n) is 1.94. The molecule has 1 aromatic heterocycles. The van der Waals surface area contributed by atoms with Crippen molar-refractivity contribution in [3.8, 4) is 11.4 Å². The smallest absolute Gasteiger partial charge is 0.305 e. The molecule has 20 heavy (non-hydrogen) atoms. The van der Waals surface area contributed by atoms with Gasteiger partial charge >= 0.3 is 5.69 Å². The quantitative estimate of drug-likeness (QED) is 0.567. The van der Waals surface area contributed by atoms with Crippen LogP contribution in [0.2, 0.25) is 0 Å². The number of para-hydroxylation sites is 2. The number of H-pyrrole nitrogens is 1. The number of nitro groups is 1. The molecule has 3 aromatic rings. The zero-order valence-electron chi connectivity index (χ0n) is 9.93. The predicted molar refractivity (Wildman–Crippen MR) is 75.8 cm³/mol. The largest absolute Gasteiger partial charge is 0.338 e. The molecule has 0 atom stereocenters. The Labute approximate surface area is 120 Å². The molecule has 3 rings (SSSR count). The van der Waals surface area contributed by atoms with Gasteiger partial charge in [-0.15, -0.1) is 0 Å². The van der Waals surface area contributed by atoms with E-state index in [0.717, 1.165) is 23.2 Å². The van der Waals surface area contributed by atoms with E-state index in [1.54, 1.807) is 0 Å². The Kier molecular flexibility index (Phi) is 2.98. The van der Waals surface area contributed by atoms with E-state index in [2.05, 4.69) is 25.9 Å². The minimum atomic E-state index is -0.895. The first-order valence-corrected chi connectivity index (χ1v) is 6.44. The van der Waals surface area contributed by atoms with Gasteiger partial charge in [0, 0.05) is 16.1 Å². The van der Waals surface area contributed by atoms with Gasteiger partial charge < -0.3 is 4.98 Å². The molecule has 0 aliphatic carbocycles. The standard InChI is InChI=1S/C13H7BrFN3O2/c14-8-6-12(18(19)20)9(15)5-7(8)13-16-10-3-1-2-4-11(10)17-13/h1-6H,(H,16,17). The summed E-state index contributed by atoms with van der Waals surface area (Å²) >= 11 is 3.21. The first kappa shape index (κ1) is 12.7. The lowest BCUT2D eigenvalue weighted by atomic mass is 10.2. The lowest BCUT2D eigenvalue weighted by Crippen LogP contribution is -1.94. The third-order valence-corrected chi connectivity index (χ3v) is 3.53. The Hall–Kier alpha value is -2.28. The maximum Gasteiger partial charge on any atom is 0.305 e. The molecule has 0 radical (unpaired) electrons. The summed E-state index contributed by atoms with van der Waals surface area (Å²) in [5.74, 6) is -0.444. The third-order valence-electron chi connectivity index (χ3n) is 2.88. The van der Waals surface area contributed by atoms with Crippen molar-refractivity contribution in [2.45, 2.75) is 0 Å². The zero-order chi connectivity index (χ0) is 14.3. The van der Waals surface area contributed by atoms with Gasteiger partial charge in [-0.25, -0.2) is 4.98 Å². The topological polar surface area (TPSA) is 71.8 Å². The highest BCUT2D eigenvalue weighted by molar-refractivity contribution is 9.10. The highest BCUT2D eigenvalue weighted by Gasteiger charge is 2.19. The fourth-order valence-corrected chi connectivity index (χ4v) is 2.46. The number of benzene rings is 2. The van der Waals surface area contributed by atoms with Crippen LogP contribution in [0.15, 0.2) is 40.9 Å². The molecule has 7 heteroatoms. The molecular formula is C13H7BrFN3O2. The van der Waals surface area contributed by atoms with Crippen molar-refractivity contribution < 1.29 is 9.31 Å². The Morgan fingerprint density at radius 2 is 2.05 bits per heavy atom. The number of nitrogens with zero attached hydrogens (tertiary/aromatic N) is 2. The van der Waals surface area contributed by atoms with Gasteiger partial charge in [0.05, 0.1) is 16.0 Å². The molecule has 0 bridgehead atoms. The molecule has 1 N–H and O–H groups in total. The Morgan fingerprint density at radius 1 is 1.30 bits per heavy atom. The van der Waals surface area contributed by atoms with Gasteiger partial charge in [0.15, 0.2) is 0 Å². The normalized spacial score (nSPS) is 10.9. The summed E-state index contributed by atoms with van der Waals surface area (Å²) in [5, 5.41) is 10.7. The minimum Gasteiger partial charge on any atom is -0.338 e. The number of aromatic nitrogens is 2. The number of hydrogen-bond acceptors (Lipinski definition) is 3. The molecular weight excluding hydrogens is 329 g/mol. The van der Waals surface area contributed by atoms with Crippen LogP contribution in [0, 0.1) is 15.9 Å². The van der Waals surface area contributed by atoms with Crippen LogP contribution in [-0.2, 0) is 0 Å². The van der Waals surface area contributed by atoms with Crippen LogP contribution in [-0.4, -0.2) is 14.9 Å². The van der Waals surface area contributed by atoms with Crippen molar-refractivity contribution in [1.82, 2.24) is 9.97 Å². The summed E-state index contributed by atoms with van der Waals surface area (Å²) in [5.41, 5.74) is 1.42. The summed E-state index contributed by atoms with van der Waals surface area (Å²) in [6.07, 6.45) is 0. The zero-order valence-corrected chi connectivity index (χ0v) is 11.5. The van der Waals surface area contributed by atoms with Crippen LogP contribution in [0.1, 0.15) is 0 Å². The summed E-state index contributed by atoms with van der Waals surface area (Å²) in [6, 6.07) is 9.61.